The van der Waals surface area contributed by atoms with Crippen LogP contribution in [0.4, 0.5) is 14.6 Å². The van der Waals surface area contributed by atoms with Gasteiger partial charge < -0.3 is 10.5 Å². The third-order valence-electron chi connectivity index (χ3n) is 5.25. The molecule has 8 heteroatoms. The van der Waals surface area contributed by atoms with Gasteiger partial charge in [-0.25, -0.2) is 4.98 Å². The fourth-order valence-corrected chi connectivity index (χ4v) is 4.05. The van der Waals surface area contributed by atoms with E-state index < -0.39 is 6.61 Å². The summed E-state index contributed by atoms with van der Waals surface area (Å²) in [4.78, 5) is 15.5. The van der Waals surface area contributed by atoms with Gasteiger partial charge in [0.15, 0.2) is 11.6 Å². The topological polar surface area (TPSA) is 83.0 Å². The van der Waals surface area contributed by atoms with E-state index in [0.717, 1.165) is 5.69 Å². The van der Waals surface area contributed by atoms with Crippen molar-refractivity contribution in [1.29, 1.82) is 0 Å². The van der Waals surface area contributed by atoms with E-state index in [1.54, 1.807) is 0 Å². The Hall–Kier alpha value is -2.51. The van der Waals surface area contributed by atoms with Gasteiger partial charge in [0.2, 0.25) is 0 Å². The number of rotatable bonds is 5. The van der Waals surface area contributed by atoms with E-state index in [4.69, 9.17) is 5.73 Å². The standard InChI is InChI=1S/C18H20F2N4O2/c1-8(2)24-14(16-11-4-10(25)5-12(11)16)6-13(23-24)9-3-15(26-18(19)20)17(21)22-7-9/h3,6-8,11-12,16,18H,4-5H2,1-2H3,(H2,21,22)/t11-,12+,16+. The second kappa shape index (κ2) is 6.03. The van der Waals surface area contributed by atoms with Crippen molar-refractivity contribution < 1.29 is 18.3 Å². The molecule has 3 atom stereocenters. The van der Waals surface area contributed by atoms with Gasteiger partial charge in [-0.3, -0.25) is 9.48 Å². The first kappa shape index (κ1) is 16.9. The molecule has 2 aromatic heterocycles. The van der Waals surface area contributed by atoms with Crippen LogP contribution in [-0.4, -0.2) is 27.2 Å². The summed E-state index contributed by atoms with van der Waals surface area (Å²) in [5.74, 6) is 1.25. The number of anilines is 1. The third kappa shape index (κ3) is 2.83. The average molecular weight is 362 g/mol. The fourth-order valence-electron chi connectivity index (χ4n) is 4.05. The van der Waals surface area contributed by atoms with Crippen LogP contribution in [0.5, 0.6) is 5.75 Å². The molecule has 2 aromatic rings. The Kier molecular flexibility index (Phi) is 3.93. The number of halogens is 2. The number of Topliss-reactive ketones (excluding diaryl/α,β-unsaturated/α-hetero) is 1. The van der Waals surface area contributed by atoms with Crippen molar-refractivity contribution in [2.45, 2.75) is 45.3 Å². The van der Waals surface area contributed by atoms with E-state index in [2.05, 4.69) is 14.8 Å². The summed E-state index contributed by atoms with van der Waals surface area (Å²) in [6.45, 7) is 1.10. The van der Waals surface area contributed by atoms with E-state index in [-0.39, 0.29) is 17.6 Å². The Morgan fingerprint density at radius 3 is 2.58 bits per heavy atom. The number of aromatic nitrogens is 3. The van der Waals surface area contributed by atoms with Crippen LogP contribution in [0.15, 0.2) is 18.3 Å². The maximum Gasteiger partial charge on any atom is 0.387 e. The van der Waals surface area contributed by atoms with E-state index in [1.807, 2.05) is 24.6 Å². The van der Waals surface area contributed by atoms with Crippen LogP contribution >= 0.6 is 0 Å². The number of alkyl halides is 2. The molecule has 2 N–H and O–H groups in total. The quantitative estimate of drug-likeness (QED) is 0.881. The molecule has 0 bridgehead atoms. The molecule has 2 fully saturated rings. The predicted octanol–water partition coefficient (Wildman–Crippen LogP) is 3.40. The Labute approximate surface area is 149 Å². The highest BCUT2D eigenvalue weighted by atomic mass is 19.3. The number of carbonyl (C=O) groups excluding carboxylic acids is 1. The van der Waals surface area contributed by atoms with Gasteiger partial charge >= 0.3 is 6.61 Å². The van der Waals surface area contributed by atoms with Gasteiger partial charge in [-0.2, -0.15) is 13.9 Å². The predicted molar refractivity (Wildman–Crippen MR) is 90.8 cm³/mol. The molecule has 138 valence electrons. The smallest absolute Gasteiger partial charge is 0.387 e. The molecule has 2 saturated carbocycles. The first-order chi connectivity index (χ1) is 12.3. The minimum atomic E-state index is -2.97. The molecule has 0 unspecified atom stereocenters. The highest BCUT2D eigenvalue weighted by Crippen LogP contribution is 2.62. The number of fused-ring (bicyclic) bond motifs is 1. The van der Waals surface area contributed by atoms with Crippen molar-refractivity contribution in [3.8, 4) is 17.0 Å². The molecule has 0 saturated heterocycles. The van der Waals surface area contributed by atoms with Gasteiger partial charge in [0.25, 0.3) is 0 Å². The highest BCUT2D eigenvalue weighted by Gasteiger charge is 2.57. The van der Waals surface area contributed by atoms with Gasteiger partial charge in [-0.15, -0.1) is 0 Å². The van der Waals surface area contributed by atoms with Crippen LogP contribution in [0.1, 0.15) is 44.3 Å². The molecule has 0 aliphatic heterocycles. The lowest BCUT2D eigenvalue weighted by atomic mass is 10.1. The second-order valence-electron chi connectivity index (χ2n) is 7.28. The molecule has 0 aromatic carbocycles. The van der Waals surface area contributed by atoms with Crippen LogP contribution in [-0.2, 0) is 4.79 Å². The van der Waals surface area contributed by atoms with E-state index >= 15 is 0 Å². The van der Waals surface area contributed by atoms with Gasteiger partial charge in [0.05, 0.1) is 5.69 Å². The average Bonchev–Trinajstić information content (AvgIpc) is 2.94. The molecular weight excluding hydrogens is 342 g/mol. The first-order valence-electron chi connectivity index (χ1n) is 8.67. The molecule has 2 aliphatic rings. The van der Waals surface area contributed by atoms with E-state index in [0.29, 0.717) is 47.6 Å². The number of ether oxygens (including phenoxy) is 1. The molecule has 0 spiro atoms. The largest absolute Gasteiger partial charge is 0.431 e. The lowest BCUT2D eigenvalue weighted by Gasteiger charge is -2.11. The van der Waals surface area contributed by atoms with Crippen molar-refractivity contribution in [3.05, 3.63) is 24.0 Å². The number of nitrogens with two attached hydrogens (primary N) is 1. The molecule has 0 radical (unpaired) electrons. The summed E-state index contributed by atoms with van der Waals surface area (Å²) in [6.07, 6.45) is 2.79. The summed E-state index contributed by atoms with van der Waals surface area (Å²) in [7, 11) is 0. The molecule has 4 rings (SSSR count). The Morgan fingerprint density at radius 2 is 1.96 bits per heavy atom. The van der Waals surface area contributed by atoms with Crippen molar-refractivity contribution in [2.24, 2.45) is 11.8 Å². The van der Waals surface area contributed by atoms with Crippen molar-refractivity contribution in [1.82, 2.24) is 14.8 Å². The lowest BCUT2D eigenvalue weighted by molar-refractivity contribution is -0.118. The molecular formula is C18H20F2N4O2. The molecule has 2 heterocycles. The van der Waals surface area contributed by atoms with Crippen LogP contribution in [0.3, 0.4) is 0 Å². The lowest BCUT2D eigenvalue weighted by Crippen LogP contribution is -2.09. The summed E-state index contributed by atoms with van der Waals surface area (Å²) in [5, 5.41) is 4.65. The maximum absolute atomic E-state index is 12.5. The van der Waals surface area contributed by atoms with Gasteiger partial charge in [-0.1, -0.05) is 0 Å². The second-order valence-corrected chi connectivity index (χ2v) is 7.28. The van der Waals surface area contributed by atoms with E-state index in [1.165, 1.54) is 12.3 Å². The number of hydrogen-bond acceptors (Lipinski definition) is 5. The maximum atomic E-state index is 12.5. The number of ketones is 1. The van der Waals surface area contributed by atoms with Gasteiger partial charge in [0, 0.05) is 42.3 Å². The normalized spacial score (nSPS) is 24.4. The molecule has 6 nitrogen and oxygen atoms in total. The number of nitrogens with zero attached hydrogens (tertiary/aromatic N) is 3. The van der Waals surface area contributed by atoms with Gasteiger partial charge in [0.1, 0.15) is 5.78 Å². The summed E-state index contributed by atoms with van der Waals surface area (Å²) < 4.78 is 31.4. The van der Waals surface area contributed by atoms with Gasteiger partial charge in [-0.05, 0) is 37.8 Å². The first-order valence-corrected chi connectivity index (χ1v) is 8.67. The number of carbonyl (C=O) groups is 1. The third-order valence-corrected chi connectivity index (χ3v) is 5.25. The zero-order valence-electron chi connectivity index (χ0n) is 14.5. The summed E-state index contributed by atoms with van der Waals surface area (Å²) in [5.41, 5.74) is 7.90. The SMILES string of the molecule is CC(C)n1nc(-c2cnc(N)c(OC(F)F)c2)cc1[C@H]1[C@@H]2CC(=O)C[C@@H]21. The Morgan fingerprint density at radius 1 is 1.27 bits per heavy atom. The zero-order chi connectivity index (χ0) is 18.6. The monoisotopic (exact) mass is 362 g/mol. The Balaban J connectivity index is 1.68. The summed E-state index contributed by atoms with van der Waals surface area (Å²) >= 11 is 0. The molecule has 26 heavy (non-hydrogen) atoms. The van der Waals surface area contributed by atoms with Crippen LogP contribution in [0, 0.1) is 11.8 Å². The van der Waals surface area contributed by atoms with Crippen LogP contribution < -0.4 is 10.5 Å². The minimum Gasteiger partial charge on any atom is -0.431 e. The zero-order valence-corrected chi connectivity index (χ0v) is 14.5. The fraction of sp³-hybridized carbons (Fsp3) is 0.500. The highest BCUT2D eigenvalue weighted by molar-refractivity contribution is 5.83. The molecule has 2 aliphatic carbocycles. The number of nitrogen functional groups attached to an aromatic ring is 1. The number of hydrogen-bond donors (Lipinski definition) is 1. The minimum absolute atomic E-state index is 0.0900. The van der Waals surface area contributed by atoms with Crippen molar-refractivity contribution in [2.75, 3.05) is 5.73 Å². The van der Waals surface area contributed by atoms with Crippen molar-refractivity contribution in [3.63, 3.8) is 0 Å². The molecule has 0 amide bonds. The van der Waals surface area contributed by atoms with Crippen LogP contribution in [0.25, 0.3) is 11.3 Å². The number of pyridine rings is 1. The van der Waals surface area contributed by atoms with Crippen LogP contribution in [0.2, 0.25) is 0 Å². The van der Waals surface area contributed by atoms with E-state index in [9.17, 15) is 13.6 Å². The Bertz CT molecular complexity index is 851. The summed E-state index contributed by atoms with van der Waals surface area (Å²) in [6, 6.07) is 3.55. The van der Waals surface area contributed by atoms with Crippen molar-refractivity contribution >= 4 is 11.6 Å².